The molecule has 0 radical (unpaired) electrons. The molecule has 2 amide bonds. The number of fused-ring (bicyclic) bond motifs is 2. The summed E-state index contributed by atoms with van der Waals surface area (Å²) in [6, 6.07) is 10.4. The average molecular weight is 532 g/mol. The van der Waals surface area contributed by atoms with Crippen LogP contribution in [0.3, 0.4) is 0 Å². The van der Waals surface area contributed by atoms with Gasteiger partial charge in [0.15, 0.2) is 10.8 Å². The second-order valence-corrected chi connectivity index (χ2v) is 10.7. The molecule has 2 aromatic carbocycles. The number of likely N-dealkylation sites (tertiary alicyclic amines) is 2. The predicted octanol–water partition coefficient (Wildman–Crippen LogP) is 3.61. The number of alkyl halides is 3. The van der Waals surface area contributed by atoms with E-state index in [0.29, 0.717) is 60.2 Å². The molecule has 2 fully saturated rings. The summed E-state index contributed by atoms with van der Waals surface area (Å²) < 4.78 is 49.2. The van der Waals surface area contributed by atoms with E-state index < -0.39 is 16.3 Å². The van der Waals surface area contributed by atoms with Gasteiger partial charge in [0.2, 0.25) is 5.91 Å². The van der Waals surface area contributed by atoms with E-state index in [4.69, 9.17) is 0 Å². The average Bonchev–Trinajstić information content (AvgIpc) is 3.48. The maximum Gasteiger partial charge on any atom is 0.475 e. The quantitative estimate of drug-likeness (QED) is 0.519. The van der Waals surface area contributed by atoms with Crippen LogP contribution in [-0.4, -0.2) is 72.9 Å². The maximum atomic E-state index is 13.1. The monoisotopic (exact) mass is 531 g/mol. The lowest BCUT2D eigenvalue weighted by molar-refractivity contribution is -0.126. The normalized spacial score (nSPS) is 21.3. The number of benzene rings is 2. The van der Waals surface area contributed by atoms with E-state index in [-0.39, 0.29) is 16.7 Å². The first-order valence-electron chi connectivity index (χ1n) is 11.8. The molecule has 8 nitrogen and oxygen atoms in total. The lowest BCUT2D eigenvalue weighted by atomic mass is 9.92. The molecule has 2 aliphatic heterocycles. The van der Waals surface area contributed by atoms with Crippen LogP contribution in [0.25, 0.3) is 17.1 Å². The molecule has 3 heterocycles. The first-order valence-corrected chi connectivity index (χ1v) is 13.0. The predicted molar refractivity (Wildman–Crippen MR) is 131 cm³/mol. The second kappa shape index (κ2) is 10.1. The fourth-order valence-electron chi connectivity index (χ4n) is 5.00. The van der Waals surface area contributed by atoms with Crippen LogP contribution in [0.2, 0.25) is 0 Å². The minimum absolute atomic E-state index is 0.0288. The van der Waals surface area contributed by atoms with Crippen molar-refractivity contribution < 1.29 is 27.0 Å². The highest BCUT2D eigenvalue weighted by atomic mass is 32.2. The molecule has 12 heteroatoms. The van der Waals surface area contributed by atoms with Crippen molar-refractivity contribution >= 4 is 39.7 Å². The first-order chi connectivity index (χ1) is 17.7. The number of nitrogens with one attached hydrogen (secondary N) is 1. The Balaban J connectivity index is 1.15. The number of carbonyl (C=O) groups is 2. The molecule has 1 N–H and O–H groups in total. The van der Waals surface area contributed by atoms with Gasteiger partial charge in [-0.1, -0.05) is 12.1 Å². The smallest absolute Gasteiger partial charge is 0.339 e. The molecular formula is C25H24F3N5O3S. The highest BCUT2D eigenvalue weighted by Gasteiger charge is 2.38. The number of hydrogen-bond donors (Lipinski definition) is 1. The topological polar surface area (TPSA) is 99.3 Å². The standard InChI is InChI=1S/C25H24F3N5O3S/c26-25(27,28)37(36)20-5-1-16(2-6-20)3-8-23(34)32-11-9-18-14-33(15-19(18)10-12-32)24(35)17-4-7-21-22(13-17)30-31-29-21/h1-8,13,18-19H,9-12,14-15H2,(H,29,30,31)/b8-3+/t18-,19?,37?/m1/s1. The number of rotatable bonds is 4. The van der Waals surface area contributed by atoms with Gasteiger partial charge in [0.1, 0.15) is 11.0 Å². The van der Waals surface area contributed by atoms with Gasteiger partial charge in [-0.15, -0.1) is 0 Å². The Hall–Kier alpha value is -3.54. The number of carbonyl (C=O) groups excluding carboxylic acids is 2. The van der Waals surface area contributed by atoms with Gasteiger partial charge in [0, 0.05) is 42.7 Å². The third-order valence-electron chi connectivity index (χ3n) is 7.00. The summed E-state index contributed by atoms with van der Waals surface area (Å²) in [5, 5.41) is 10.6. The van der Waals surface area contributed by atoms with E-state index in [9.17, 15) is 27.0 Å². The molecule has 3 atom stereocenters. The molecule has 194 valence electrons. The van der Waals surface area contributed by atoms with Crippen LogP contribution in [0.15, 0.2) is 53.4 Å². The van der Waals surface area contributed by atoms with Crippen LogP contribution in [-0.2, 0) is 15.6 Å². The van der Waals surface area contributed by atoms with Crippen molar-refractivity contribution in [3.63, 3.8) is 0 Å². The summed E-state index contributed by atoms with van der Waals surface area (Å²) in [6.07, 6.45) is 4.52. The van der Waals surface area contributed by atoms with Gasteiger partial charge in [-0.2, -0.15) is 28.6 Å². The van der Waals surface area contributed by atoms with Gasteiger partial charge in [-0.3, -0.25) is 9.59 Å². The highest BCUT2D eigenvalue weighted by molar-refractivity contribution is 7.86. The fraction of sp³-hybridized carbons (Fsp3) is 0.360. The van der Waals surface area contributed by atoms with E-state index in [1.165, 1.54) is 18.2 Å². The molecule has 3 aromatic rings. The van der Waals surface area contributed by atoms with Crippen molar-refractivity contribution in [1.29, 1.82) is 0 Å². The Morgan fingerprint density at radius 3 is 2.24 bits per heavy atom. The van der Waals surface area contributed by atoms with Crippen LogP contribution >= 0.6 is 0 Å². The Morgan fingerprint density at radius 2 is 1.59 bits per heavy atom. The number of nitrogens with zero attached hydrogens (tertiary/aromatic N) is 4. The SMILES string of the molecule is O=C(/C=C/c1ccc(S(=O)C(F)(F)F)cc1)N1CCC2CN(C(=O)c3ccc4n[nH]nc4c3)C[C@H]2CC1. The Labute approximate surface area is 213 Å². The number of hydrogen-bond acceptors (Lipinski definition) is 5. The van der Waals surface area contributed by atoms with Crippen molar-refractivity contribution in [3.8, 4) is 0 Å². The Morgan fingerprint density at radius 1 is 0.946 bits per heavy atom. The minimum Gasteiger partial charge on any atom is -0.339 e. The fourth-order valence-corrected chi connectivity index (χ4v) is 5.65. The molecule has 37 heavy (non-hydrogen) atoms. The van der Waals surface area contributed by atoms with Gasteiger partial charge in [0.05, 0.1) is 0 Å². The summed E-state index contributed by atoms with van der Waals surface area (Å²) in [4.78, 5) is 29.1. The number of aromatic amines is 1. The van der Waals surface area contributed by atoms with Gasteiger partial charge in [-0.05, 0) is 66.6 Å². The summed E-state index contributed by atoms with van der Waals surface area (Å²) in [5.74, 6) is 0.419. The molecule has 0 spiro atoms. The number of halogens is 3. The second-order valence-electron chi connectivity index (χ2n) is 9.28. The molecule has 0 saturated carbocycles. The van der Waals surface area contributed by atoms with Crippen LogP contribution in [0.5, 0.6) is 0 Å². The molecule has 5 rings (SSSR count). The van der Waals surface area contributed by atoms with E-state index >= 15 is 0 Å². The summed E-state index contributed by atoms with van der Waals surface area (Å²) in [5.41, 5.74) is -2.33. The third-order valence-corrected chi connectivity index (χ3v) is 8.12. The van der Waals surface area contributed by atoms with Crippen LogP contribution < -0.4 is 0 Å². The van der Waals surface area contributed by atoms with Gasteiger partial charge >= 0.3 is 5.51 Å². The first kappa shape index (κ1) is 25.1. The molecule has 2 unspecified atom stereocenters. The zero-order chi connectivity index (χ0) is 26.2. The van der Waals surface area contributed by atoms with Crippen LogP contribution in [0.4, 0.5) is 13.2 Å². The largest absolute Gasteiger partial charge is 0.475 e. The molecule has 0 aliphatic carbocycles. The third kappa shape index (κ3) is 5.43. The molecule has 2 aliphatic rings. The minimum atomic E-state index is -4.81. The van der Waals surface area contributed by atoms with Crippen molar-refractivity contribution in [2.45, 2.75) is 23.2 Å². The Bertz CT molecular complexity index is 1360. The van der Waals surface area contributed by atoms with Crippen LogP contribution in [0.1, 0.15) is 28.8 Å². The summed E-state index contributed by atoms with van der Waals surface area (Å²) in [6.45, 7) is 2.43. The van der Waals surface area contributed by atoms with Crippen LogP contribution in [0, 0.1) is 11.8 Å². The lowest BCUT2D eigenvalue weighted by Gasteiger charge is -2.21. The molecule has 2 saturated heterocycles. The highest BCUT2D eigenvalue weighted by Crippen LogP contribution is 2.33. The molecular weight excluding hydrogens is 507 g/mol. The van der Waals surface area contributed by atoms with Gasteiger partial charge in [-0.25, -0.2) is 4.21 Å². The zero-order valence-corrected chi connectivity index (χ0v) is 20.5. The van der Waals surface area contributed by atoms with Gasteiger partial charge in [0.25, 0.3) is 5.91 Å². The Kier molecular flexibility index (Phi) is 6.84. The van der Waals surface area contributed by atoms with E-state index in [1.807, 2.05) is 4.90 Å². The number of amides is 2. The summed E-state index contributed by atoms with van der Waals surface area (Å²) in [7, 11) is -3.08. The number of H-pyrrole nitrogens is 1. The molecule has 1 aromatic heterocycles. The summed E-state index contributed by atoms with van der Waals surface area (Å²) >= 11 is 0. The van der Waals surface area contributed by atoms with Gasteiger partial charge < -0.3 is 9.80 Å². The van der Waals surface area contributed by atoms with Crippen molar-refractivity contribution in [2.24, 2.45) is 11.8 Å². The number of aromatic nitrogens is 3. The van der Waals surface area contributed by atoms with Crippen molar-refractivity contribution in [1.82, 2.24) is 25.2 Å². The molecule has 0 bridgehead atoms. The maximum absolute atomic E-state index is 13.1. The lowest BCUT2D eigenvalue weighted by Crippen LogP contribution is -2.33. The van der Waals surface area contributed by atoms with Crippen molar-refractivity contribution in [3.05, 3.63) is 59.7 Å². The van der Waals surface area contributed by atoms with E-state index in [2.05, 4.69) is 15.4 Å². The zero-order valence-electron chi connectivity index (χ0n) is 19.6. The van der Waals surface area contributed by atoms with E-state index in [1.54, 1.807) is 29.2 Å². The van der Waals surface area contributed by atoms with E-state index in [0.717, 1.165) is 25.0 Å². The van der Waals surface area contributed by atoms with Crippen molar-refractivity contribution in [2.75, 3.05) is 26.2 Å².